The zero-order chi connectivity index (χ0) is 17.7. The van der Waals surface area contributed by atoms with Gasteiger partial charge in [-0.15, -0.1) is 0 Å². The Labute approximate surface area is 144 Å². The minimum absolute atomic E-state index is 0.106. The fraction of sp³-hybridized carbons (Fsp3) is 1.00. The van der Waals surface area contributed by atoms with Gasteiger partial charge < -0.3 is 19.0 Å². The molecule has 0 aromatic heterocycles. The van der Waals surface area contributed by atoms with Crippen molar-refractivity contribution in [3.63, 3.8) is 0 Å². The topological polar surface area (TPSA) is 47.9 Å². The van der Waals surface area contributed by atoms with Gasteiger partial charge in [-0.05, 0) is 42.8 Å². The van der Waals surface area contributed by atoms with E-state index in [0.29, 0.717) is 11.8 Å². The average Bonchev–Trinajstić information content (AvgIpc) is 2.44. The van der Waals surface area contributed by atoms with E-state index in [1.165, 1.54) is 0 Å². The fourth-order valence-corrected chi connectivity index (χ4v) is 4.29. The Morgan fingerprint density at radius 2 is 1.70 bits per heavy atom. The second-order valence-corrected chi connectivity index (χ2v) is 13.3. The summed E-state index contributed by atoms with van der Waals surface area (Å²) in [6, 6.07) is 0. The van der Waals surface area contributed by atoms with Crippen LogP contribution in [0.2, 0.25) is 18.1 Å². The number of aliphatic hydroxyl groups is 1. The molecule has 0 radical (unpaired) electrons. The first-order chi connectivity index (χ1) is 10.6. The normalized spacial score (nSPS) is 21.9. The van der Waals surface area contributed by atoms with Crippen LogP contribution in [0.4, 0.5) is 0 Å². The van der Waals surface area contributed by atoms with Gasteiger partial charge in [0.05, 0.1) is 19.3 Å². The van der Waals surface area contributed by atoms with Crippen molar-refractivity contribution in [3.8, 4) is 0 Å². The summed E-state index contributed by atoms with van der Waals surface area (Å²) >= 11 is 0. The van der Waals surface area contributed by atoms with Crippen LogP contribution in [0.15, 0.2) is 0 Å². The summed E-state index contributed by atoms with van der Waals surface area (Å²) in [7, 11) is -1.85. The monoisotopic (exact) mass is 346 g/mol. The molecule has 1 N–H and O–H groups in total. The standard InChI is InChI=1S/C18H38O4Si/c1-14(9-10-19)17(22-23(6,7)18(3,4)5)15(2)13-16-20-11-8-12-21-16/h14-17,19H,8-13H2,1-7H3/t14-,15+,17+/m1/s1. The molecule has 138 valence electrons. The lowest BCUT2D eigenvalue weighted by molar-refractivity contribution is -0.190. The van der Waals surface area contributed by atoms with Crippen molar-refractivity contribution < 1.29 is 19.0 Å². The van der Waals surface area contributed by atoms with Crippen molar-refractivity contribution in [3.05, 3.63) is 0 Å². The molecular weight excluding hydrogens is 308 g/mol. The van der Waals surface area contributed by atoms with E-state index in [2.05, 4.69) is 47.7 Å². The average molecular weight is 347 g/mol. The van der Waals surface area contributed by atoms with E-state index in [9.17, 15) is 5.11 Å². The Hall–Kier alpha value is 0.0569. The van der Waals surface area contributed by atoms with Crippen LogP contribution < -0.4 is 0 Å². The van der Waals surface area contributed by atoms with Gasteiger partial charge in [0.25, 0.3) is 0 Å². The number of aliphatic hydroxyl groups excluding tert-OH is 1. The Bertz CT molecular complexity index is 334. The summed E-state index contributed by atoms with van der Waals surface area (Å²) in [6.45, 7) is 17.6. The molecular formula is C18H38O4Si. The molecule has 0 spiro atoms. The smallest absolute Gasteiger partial charge is 0.192 e. The molecule has 5 heteroatoms. The lowest BCUT2D eigenvalue weighted by Crippen LogP contribution is -2.48. The van der Waals surface area contributed by atoms with Crippen LogP contribution in [0.25, 0.3) is 0 Å². The molecule has 23 heavy (non-hydrogen) atoms. The molecule has 1 fully saturated rings. The predicted molar refractivity (Wildman–Crippen MR) is 97.0 cm³/mol. The van der Waals surface area contributed by atoms with Gasteiger partial charge in [-0.25, -0.2) is 0 Å². The molecule has 1 rings (SSSR count). The van der Waals surface area contributed by atoms with E-state index in [1.807, 2.05) is 0 Å². The van der Waals surface area contributed by atoms with Crippen molar-refractivity contribution in [1.29, 1.82) is 0 Å². The molecule has 0 bridgehead atoms. The second-order valence-electron chi connectivity index (χ2n) is 8.57. The number of rotatable bonds is 8. The molecule has 4 nitrogen and oxygen atoms in total. The van der Waals surface area contributed by atoms with Crippen molar-refractivity contribution in [2.24, 2.45) is 11.8 Å². The predicted octanol–water partition coefficient (Wildman–Crippen LogP) is 4.18. The molecule has 1 saturated heterocycles. The lowest BCUT2D eigenvalue weighted by atomic mass is 9.89. The Morgan fingerprint density at radius 3 is 2.17 bits per heavy atom. The minimum atomic E-state index is -1.85. The van der Waals surface area contributed by atoms with Crippen LogP contribution in [0, 0.1) is 11.8 Å². The number of ether oxygens (including phenoxy) is 2. The highest BCUT2D eigenvalue weighted by Crippen LogP contribution is 2.40. The first kappa shape index (κ1) is 21.1. The van der Waals surface area contributed by atoms with Gasteiger partial charge in [-0.2, -0.15) is 0 Å². The summed E-state index contributed by atoms with van der Waals surface area (Å²) in [5, 5.41) is 9.54. The SMILES string of the molecule is C[C@H](CCO)[C@H](O[Si](C)(C)C(C)(C)C)[C@@H](C)CC1OCCCO1. The van der Waals surface area contributed by atoms with Crippen LogP contribution in [0.1, 0.15) is 53.9 Å². The van der Waals surface area contributed by atoms with Gasteiger partial charge in [-0.1, -0.05) is 34.6 Å². The maximum Gasteiger partial charge on any atom is 0.192 e. The summed E-state index contributed by atoms with van der Waals surface area (Å²) in [5.74, 6) is 0.668. The third-order valence-electron chi connectivity index (χ3n) is 5.40. The molecule has 0 amide bonds. The third-order valence-corrected chi connectivity index (χ3v) is 9.88. The fourth-order valence-electron chi connectivity index (χ4n) is 2.79. The molecule has 1 aliphatic rings. The molecule has 1 aliphatic heterocycles. The molecule has 0 saturated carbocycles. The van der Waals surface area contributed by atoms with E-state index >= 15 is 0 Å². The van der Waals surface area contributed by atoms with Crippen molar-refractivity contribution in [2.75, 3.05) is 19.8 Å². The summed E-state index contributed by atoms with van der Waals surface area (Å²) in [5.41, 5.74) is 0. The Morgan fingerprint density at radius 1 is 1.13 bits per heavy atom. The van der Waals surface area contributed by atoms with E-state index in [-0.39, 0.29) is 24.0 Å². The quantitative estimate of drug-likeness (QED) is 0.670. The van der Waals surface area contributed by atoms with Crippen LogP contribution in [0.3, 0.4) is 0 Å². The molecule has 1 heterocycles. The van der Waals surface area contributed by atoms with Crippen molar-refractivity contribution in [1.82, 2.24) is 0 Å². The van der Waals surface area contributed by atoms with Crippen LogP contribution in [-0.4, -0.2) is 45.6 Å². The zero-order valence-corrected chi connectivity index (χ0v) is 17.2. The summed E-state index contributed by atoms with van der Waals surface area (Å²) < 4.78 is 18.2. The van der Waals surface area contributed by atoms with Gasteiger partial charge in [-0.3, -0.25) is 0 Å². The maximum absolute atomic E-state index is 9.35. The number of hydrogen-bond acceptors (Lipinski definition) is 4. The molecule has 3 atom stereocenters. The van der Waals surface area contributed by atoms with Gasteiger partial charge in [0.1, 0.15) is 0 Å². The highest BCUT2D eigenvalue weighted by atomic mass is 28.4. The van der Waals surface area contributed by atoms with Gasteiger partial charge in [0.2, 0.25) is 0 Å². The first-order valence-corrected chi connectivity index (χ1v) is 12.0. The van der Waals surface area contributed by atoms with E-state index in [1.54, 1.807) is 0 Å². The van der Waals surface area contributed by atoms with Crippen molar-refractivity contribution in [2.45, 2.75) is 84.4 Å². The second kappa shape index (κ2) is 8.95. The highest BCUT2D eigenvalue weighted by molar-refractivity contribution is 6.74. The zero-order valence-electron chi connectivity index (χ0n) is 16.2. The molecule has 0 aromatic rings. The minimum Gasteiger partial charge on any atom is -0.413 e. The van der Waals surface area contributed by atoms with E-state index < -0.39 is 8.32 Å². The molecule has 0 unspecified atom stereocenters. The highest BCUT2D eigenvalue weighted by Gasteiger charge is 2.41. The van der Waals surface area contributed by atoms with Crippen LogP contribution in [-0.2, 0) is 13.9 Å². The number of hydrogen-bond donors (Lipinski definition) is 1. The largest absolute Gasteiger partial charge is 0.413 e. The van der Waals surface area contributed by atoms with Gasteiger partial charge >= 0.3 is 0 Å². The first-order valence-electron chi connectivity index (χ1n) is 9.10. The van der Waals surface area contributed by atoms with Gasteiger partial charge in [0.15, 0.2) is 14.6 Å². The third kappa shape index (κ3) is 6.46. The van der Waals surface area contributed by atoms with E-state index in [0.717, 1.165) is 32.5 Å². The molecule has 0 aliphatic carbocycles. The Kier molecular flexibility index (Phi) is 8.21. The summed E-state index contributed by atoms with van der Waals surface area (Å²) in [4.78, 5) is 0. The van der Waals surface area contributed by atoms with Crippen molar-refractivity contribution >= 4 is 8.32 Å². The van der Waals surface area contributed by atoms with Crippen LogP contribution in [0.5, 0.6) is 0 Å². The van der Waals surface area contributed by atoms with E-state index in [4.69, 9.17) is 13.9 Å². The van der Waals surface area contributed by atoms with Crippen LogP contribution >= 0.6 is 0 Å². The Balaban J connectivity index is 2.78. The molecule has 0 aromatic carbocycles. The maximum atomic E-state index is 9.35. The summed E-state index contributed by atoms with van der Waals surface area (Å²) in [6.07, 6.45) is 2.64. The lowest BCUT2D eigenvalue weighted by Gasteiger charge is -2.43. The van der Waals surface area contributed by atoms with Gasteiger partial charge in [0, 0.05) is 13.0 Å².